The van der Waals surface area contributed by atoms with Crippen molar-refractivity contribution in [1.29, 1.82) is 0 Å². The van der Waals surface area contributed by atoms with Crippen LogP contribution in [0, 0.1) is 33.5 Å². The van der Waals surface area contributed by atoms with Gasteiger partial charge in [0.15, 0.2) is 0 Å². The number of fused-ring (bicyclic) bond motifs is 3. The minimum Gasteiger partial charge on any atom is -0.508 e. The minimum absolute atomic E-state index is 0.0553. The SMILES string of the molecule is CC12C=CC3(CCC4C(C)(COC(=O)C=Cc5ccc(O)cc5)CCCC4(C)C3CC1)C2. The number of benzene rings is 1. The van der Waals surface area contributed by atoms with Gasteiger partial charge in [-0.2, -0.15) is 0 Å². The predicted molar refractivity (Wildman–Crippen MR) is 128 cm³/mol. The predicted octanol–water partition coefficient (Wildman–Crippen LogP) is 6.92. The lowest BCUT2D eigenvalue weighted by molar-refractivity contribution is -0.168. The Balaban J connectivity index is 1.29. The Morgan fingerprint density at radius 3 is 2.56 bits per heavy atom. The summed E-state index contributed by atoms with van der Waals surface area (Å²) in [5.74, 6) is 1.34. The fourth-order valence-corrected chi connectivity index (χ4v) is 8.47. The Hall–Kier alpha value is -2.03. The molecule has 1 aromatic carbocycles. The van der Waals surface area contributed by atoms with Gasteiger partial charge in [0.2, 0.25) is 0 Å². The molecular weight excluding hydrogens is 396 g/mol. The fourth-order valence-electron chi connectivity index (χ4n) is 8.47. The number of allylic oxidation sites excluding steroid dienone is 2. The third-order valence-electron chi connectivity index (χ3n) is 9.89. The number of rotatable bonds is 4. The molecule has 0 heterocycles. The number of phenols is 1. The first-order valence-electron chi connectivity index (χ1n) is 12.5. The molecular formula is C29H38O3. The third kappa shape index (κ3) is 3.53. The molecule has 1 spiro atoms. The van der Waals surface area contributed by atoms with E-state index in [0.29, 0.717) is 28.8 Å². The molecule has 4 aliphatic rings. The van der Waals surface area contributed by atoms with Crippen molar-refractivity contribution in [2.24, 2.45) is 33.5 Å². The number of carbonyl (C=O) groups is 1. The summed E-state index contributed by atoms with van der Waals surface area (Å²) in [4.78, 5) is 12.5. The van der Waals surface area contributed by atoms with Crippen molar-refractivity contribution in [3.05, 3.63) is 48.1 Å². The van der Waals surface area contributed by atoms with E-state index >= 15 is 0 Å². The van der Waals surface area contributed by atoms with Crippen molar-refractivity contribution in [3.8, 4) is 5.75 Å². The van der Waals surface area contributed by atoms with E-state index in [1.54, 1.807) is 30.3 Å². The lowest BCUT2D eigenvalue weighted by atomic mass is 9.40. The molecule has 172 valence electrons. The molecule has 3 nitrogen and oxygen atoms in total. The summed E-state index contributed by atoms with van der Waals surface area (Å²) in [5, 5.41) is 9.41. The van der Waals surface area contributed by atoms with Gasteiger partial charge in [-0.25, -0.2) is 4.79 Å². The van der Waals surface area contributed by atoms with E-state index < -0.39 is 0 Å². The van der Waals surface area contributed by atoms with Crippen molar-refractivity contribution in [2.45, 2.75) is 72.1 Å². The first-order chi connectivity index (χ1) is 15.2. The molecule has 0 aliphatic heterocycles. The van der Waals surface area contributed by atoms with Crippen LogP contribution in [0.25, 0.3) is 6.08 Å². The first-order valence-corrected chi connectivity index (χ1v) is 12.5. The van der Waals surface area contributed by atoms with E-state index in [4.69, 9.17) is 4.74 Å². The van der Waals surface area contributed by atoms with Crippen LogP contribution in [0.1, 0.15) is 77.7 Å². The van der Waals surface area contributed by atoms with Gasteiger partial charge in [-0.1, -0.05) is 51.5 Å². The summed E-state index contributed by atoms with van der Waals surface area (Å²) >= 11 is 0. The molecule has 0 amide bonds. The Morgan fingerprint density at radius 1 is 1.03 bits per heavy atom. The smallest absolute Gasteiger partial charge is 0.330 e. The first kappa shape index (κ1) is 21.8. The van der Waals surface area contributed by atoms with Crippen LogP contribution in [0.5, 0.6) is 5.75 Å². The summed E-state index contributed by atoms with van der Waals surface area (Å²) in [5.41, 5.74) is 2.12. The van der Waals surface area contributed by atoms with Gasteiger partial charge in [-0.05, 0) is 96.8 Å². The number of phenolic OH excluding ortho intramolecular Hbond substituents is 1. The summed E-state index contributed by atoms with van der Waals surface area (Å²) in [7, 11) is 0. The molecule has 32 heavy (non-hydrogen) atoms. The summed E-state index contributed by atoms with van der Waals surface area (Å²) < 4.78 is 5.85. The van der Waals surface area contributed by atoms with E-state index in [-0.39, 0.29) is 17.1 Å². The van der Waals surface area contributed by atoms with Crippen molar-refractivity contribution < 1.29 is 14.6 Å². The van der Waals surface area contributed by atoms with E-state index in [1.807, 2.05) is 0 Å². The molecule has 4 aliphatic carbocycles. The number of aromatic hydroxyl groups is 1. The maximum Gasteiger partial charge on any atom is 0.330 e. The van der Waals surface area contributed by atoms with Crippen LogP contribution in [-0.4, -0.2) is 17.7 Å². The zero-order valence-corrected chi connectivity index (χ0v) is 19.9. The maximum absolute atomic E-state index is 12.5. The largest absolute Gasteiger partial charge is 0.508 e. The van der Waals surface area contributed by atoms with Crippen LogP contribution in [0.4, 0.5) is 0 Å². The highest BCUT2D eigenvalue weighted by Gasteiger charge is 2.63. The van der Waals surface area contributed by atoms with E-state index in [2.05, 4.69) is 32.9 Å². The van der Waals surface area contributed by atoms with Crippen molar-refractivity contribution >= 4 is 12.0 Å². The number of hydrogen-bond acceptors (Lipinski definition) is 3. The fraction of sp³-hybridized carbons (Fsp3) is 0.621. The summed E-state index contributed by atoms with van der Waals surface area (Å²) in [6.45, 7) is 7.92. The Labute approximate surface area is 192 Å². The maximum atomic E-state index is 12.5. The highest BCUT2D eigenvalue weighted by Crippen LogP contribution is 2.71. The normalized spacial score (nSPS) is 42.5. The number of carbonyl (C=O) groups excluding carboxylic acids is 1. The van der Waals surface area contributed by atoms with Gasteiger partial charge >= 0.3 is 5.97 Å². The molecule has 0 aromatic heterocycles. The van der Waals surface area contributed by atoms with Crippen molar-refractivity contribution in [1.82, 2.24) is 0 Å². The van der Waals surface area contributed by atoms with Gasteiger partial charge < -0.3 is 9.84 Å². The molecule has 3 heteroatoms. The lowest BCUT2D eigenvalue weighted by Crippen LogP contribution is -2.58. The highest BCUT2D eigenvalue weighted by atomic mass is 16.5. The quantitative estimate of drug-likeness (QED) is 0.318. The molecule has 3 fully saturated rings. The van der Waals surface area contributed by atoms with Crippen LogP contribution in [-0.2, 0) is 9.53 Å². The molecule has 1 aromatic rings. The Bertz CT molecular complexity index is 946. The Kier molecular flexibility index (Phi) is 5.11. The van der Waals surface area contributed by atoms with Gasteiger partial charge in [0.1, 0.15) is 5.75 Å². The van der Waals surface area contributed by atoms with Gasteiger partial charge in [0.05, 0.1) is 6.61 Å². The standard InChI is InChI=1S/C29H38O3/c1-26-15-11-24-28(3)14-4-13-27(2,23(28)12-16-29(24,19-26)18-17-26)20-32-25(31)10-7-21-5-8-22(30)9-6-21/h5-10,17-18,23-24,30H,4,11-16,19-20H2,1-3H3. The second-order valence-electron chi connectivity index (χ2n) is 12.1. The number of esters is 1. The van der Waals surface area contributed by atoms with Crippen molar-refractivity contribution in [3.63, 3.8) is 0 Å². The van der Waals surface area contributed by atoms with Crippen LogP contribution in [0.3, 0.4) is 0 Å². The van der Waals surface area contributed by atoms with Gasteiger partial charge in [-0.15, -0.1) is 0 Å². The molecule has 2 bridgehead atoms. The van der Waals surface area contributed by atoms with Gasteiger partial charge in [-0.3, -0.25) is 0 Å². The molecule has 3 saturated carbocycles. The summed E-state index contributed by atoms with van der Waals surface area (Å²) in [6, 6.07) is 6.82. The van der Waals surface area contributed by atoms with E-state index in [1.165, 1.54) is 51.0 Å². The van der Waals surface area contributed by atoms with Crippen LogP contribution >= 0.6 is 0 Å². The van der Waals surface area contributed by atoms with Gasteiger partial charge in [0, 0.05) is 11.5 Å². The zero-order chi connectivity index (χ0) is 22.6. The molecule has 0 radical (unpaired) electrons. The molecule has 6 unspecified atom stereocenters. The highest BCUT2D eigenvalue weighted by molar-refractivity contribution is 5.87. The topological polar surface area (TPSA) is 46.5 Å². The number of hydrogen-bond donors (Lipinski definition) is 1. The van der Waals surface area contributed by atoms with Crippen LogP contribution < -0.4 is 0 Å². The van der Waals surface area contributed by atoms with Crippen LogP contribution in [0.2, 0.25) is 0 Å². The summed E-state index contributed by atoms with van der Waals surface area (Å²) in [6.07, 6.45) is 18.7. The molecule has 1 N–H and O–H groups in total. The van der Waals surface area contributed by atoms with E-state index in [9.17, 15) is 9.90 Å². The van der Waals surface area contributed by atoms with Crippen molar-refractivity contribution in [2.75, 3.05) is 6.61 Å². The lowest BCUT2D eigenvalue weighted by Gasteiger charge is -2.64. The van der Waals surface area contributed by atoms with Gasteiger partial charge in [0.25, 0.3) is 0 Å². The third-order valence-corrected chi connectivity index (χ3v) is 9.89. The average Bonchev–Trinajstić information content (AvgIpc) is 3.00. The monoisotopic (exact) mass is 434 g/mol. The van der Waals surface area contributed by atoms with E-state index in [0.717, 1.165) is 17.9 Å². The second kappa shape index (κ2) is 7.50. The average molecular weight is 435 g/mol. The molecule has 0 saturated heterocycles. The zero-order valence-electron chi connectivity index (χ0n) is 19.9. The molecule has 6 atom stereocenters. The Morgan fingerprint density at radius 2 is 1.78 bits per heavy atom. The number of ether oxygens (including phenoxy) is 1. The molecule has 5 rings (SSSR count). The van der Waals surface area contributed by atoms with Crippen LogP contribution in [0.15, 0.2) is 42.5 Å². The second-order valence-corrected chi connectivity index (χ2v) is 12.1. The minimum atomic E-state index is -0.272.